The molecule has 0 spiro atoms. The molecule has 7 heteroatoms. The van der Waals surface area contributed by atoms with Crippen LogP contribution >= 0.6 is 11.3 Å². The van der Waals surface area contributed by atoms with E-state index in [1.165, 1.54) is 23.3 Å². The Morgan fingerprint density at radius 2 is 2.25 bits per heavy atom. The number of nitrogens with two attached hydrogens (primary N) is 1. The summed E-state index contributed by atoms with van der Waals surface area (Å²) < 4.78 is 6.01. The molecule has 1 amide bonds. The Morgan fingerprint density at radius 3 is 2.90 bits per heavy atom. The molecule has 1 aromatic carbocycles. The highest BCUT2D eigenvalue weighted by atomic mass is 32.1. The number of ether oxygens (including phenoxy) is 1. The third kappa shape index (κ3) is 2.14. The van der Waals surface area contributed by atoms with E-state index in [-0.39, 0.29) is 12.2 Å². The van der Waals surface area contributed by atoms with Crippen LogP contribution in [0, 0.1) is 0 Å². The van der Waals surface area contributed by atoms with Gasteiger partial charge in [-0.25, -0.2) is 9.78 Å². The summed E-state index contributed by atoms with van der Waals surface area (Å²) in [5, 5.41) is 0.703. The maximum atomic E-state index is 12.2. The number of para-hydroxylation sites is 1. The topological polar surface area (TPSA) is 85.5 Å². The van der Waals surface area contributed by atoms with E-state index in [1.54, 1.807) is 0 Å². The molecule has 1 saturated heterocycles. The van der Waals surface area contributed by atoms with E-state index in [2.05, 4.69) is 4.98 Å². The van der Waals surface area contributed by atoms with Gasteiger partial charge in [0.1, 0.15) is 11.2 Å². The second-order valence-electron chi connectivity index (χ2n) is 4.62. The summed E-state index contributed by atoms with van der Waals surface area (Å²) in [6, 6.07) is 7.68. The van der Waals surface area contributed by atoms with Crippen LogP contribution in [0.25, 0.3) is 10.2 Å². The Morgan fingerprint density at radius 1 is 1.50 bits per heavy atom. The lowest BCUT2D eigenvalue weighted by Gasteiger charge is -2.14. The standard InChI is InChI=1S/C13H13N3O3S/c1-16-12(14)11(19-13(16)18)8(17)6-10-15-7-4-2-3-5-9(7)20-10/h2-5,11-12H,6,14H2,1H3. The number of thiazole rings is 1. The van der Waals surface area contributed by atoms with Gasteiger partial charge in [-0.2, -0.15) is 0 Å². The molecular formula is C13H13N3O3S. The molecule has 2 atom stereocenters. The SMILES string of the molecule is CN1C(=O)OC(C(=O)Cc2nc3ccccc3s2)C1N. The molecule has 1 aromatic heterocycles. The van der Waals surface area contributed by atoms with Crippen molar-refractivity contribution in [3.8, 4) is 0 Å². The minimum atomic E-state index is -0.917. The molecule has 2 unspecified atom stereocenters. The number of cyclic esters (lactones) is 1. The smallest absolute Gasteiger partial charge is 0.411 e. The number of amides is 1. The van der Waals surface area contributed by atoms with Crippen LogP contribution in [0.15, 0.2) is 24.3 Å². The van der Waals surface area contributed by atoms with Crippen LogP contribution in [0.5, 0.6) is 0 Å². The van der Waals surface area contributed by atoms with Gasteiger partial charge in [-0.15, -0.1) is 11.3 Å². The lowest BCUT2D eigenvalue weighted by molar-refractivity contribution is -0.126. The largest absolute Gasteiger partial charge is 0.434 e. The molecule has 2 aromatic rings. The molecule has 1 aliphatic rings. The molecular weight excluding hydrogens is 278 g/mol. The molecule has 104 valence electrons. The average molecular weight is 291 g/mol. The summed E-state index contributed by atoms with van der Waals surface area (Å²) >= 11 is 1.46. The molecule has 0 saturated carbocycles. The van der Waals surface area contributed by atoms with E-state index < -0.39 is 18.4 Å². The fourth-order valence-electron chi connectivity index (χ4n) is 2.09. The van der Waals surface area contributed by atoms with Gasteiger partial charge in [0, 0.05) is 7.05 Å². The minimum absolute atomic E-state index is 0.124. The second-order valence-corrected chi connectivity index (χ2v) is 5.74. The summed E-state index contributed by atoms with van der Waals surface area (Å²) in [5.41, 5.74) is 6.65. The van der Waals surface area contributed by atoms with Gasteiger partial charge in [0.15, 0.2) is 11.9 Å². The van der Waals surface area contributed by atoms with Crippen molar-refractivity contribution in [3.05, 3.63) is 29.3 Å². The van der Waals surface area contributed by atoms with Crippen LogP contribution in [0.4, 0.5) is 4.79 Å². The van der Waals surface area contributed by atoms with Crippen molar-refractivity contribution in [3.63, 3.8) is 0 Å². The van der Waals surface area contributed by atoms with Crippen molar-refractivity contribution in [2.75, 3.05) is 7.05 Å². The molecule has 0 radical (unpaired) electrons. The molecule has 1 aliphatic heterocycles. The first-order valence-corrected chi connectivity index (χ1v) is 6.94. The highest BCUT2D eigenvalue weighted by molar-refractivity contribution is 7.18. The van der Waals surface area contributed by atoms with E-state index in [9.17, 15) is 9.59 Å². The van der Waals surface area contributed by atoms with Crippen molar-refractivity contribution < 1.29 is 14.3 Å². The van der Waals surface area contributed by atoms with Crippen molar-refractivity contribution in [2.45, 2.75) is 18.7 Å². The molecule has 0 bridgehead atoms. The number of rotatable bonds is 3. The van der Waals surface area contributed by atoms with Crippen LogP contribution < -0.4 is 5.73 Å². The number of likely N-dealkylation sites (N-methyl/N-ethyl adjacent to an activating group) is 1. The van der Waals surface area contributed by atoms with Crippen molar-refractivity contribution in [2.24, 2.45) is 5.73 Å². The lowest BCUT2D eigenvalue weighted by atomic mass is 10.1. The molecule has 20 heavy (non-hydrogen) atoms. The van der Waals surface area contributed by atoms with Crippen molar-refractivity contribution >= 4 is 33.4 Å². The van der Waals surface area contributed by atoms with Gasteiger partial charge in [0.05, 0.1) is 16.6 Å². The number of carbonyl (C=O) groups excluding carboxylic acids is 2. The Bertz CT molecular complexity index is 651. The molecule has 3 rings (SSSR count). The number of Topliss-reactive ketones (excluding diaryl/α,β-unsaturated/α-hetero) is 1. The number of hydrogen-bond acceptors (Lipinski definition) is 6. The van der Waals surface area contributed by atoms with E-state index in [4.69, 9.17) is 10.5 Å². The van der Waals surface area contributed by atoms with E-state index in [0.29, 0.717) is 5.01 Å². The molecule has 0 aliphatic carbocycles. The fourth-order valence-corrected chi connectivity index (χ4v) is 3.06. The lowest BCUT2D eigenvalue weighted by Crippen LogP contribution is -2.45. The quantitative estimate of drug-likeness (QED) is 0.916. The Hall–Kier alpha value is -1.99. The third-order valence-electron chi connectivity index (χ3n) is 3.25. The number of fused-ring (bicyclic) bond motifs is 1. The number of ketones is 1. The number of nitrogens with zero attached hydrogens (tertiary/aromatic N) is 2. The summed E-state index contributed by atoms with van der Waals surface area (Å²) in [6.45, 7) is 0. The van der Waals surface area contributed by atoms with Crippen molar-refractivity contribution in [1.29, 1.82) is 0 Å². The Kier molecular flexibility index (Phi) is 3.15. The number of carbonyl (C=O) groups is 2. The van der Waals surface area contributed by atoms with Gasteiger partial charge < -0.3 is 10.5 Å². The predicted octanol–water partition coefficient (Wildman–Crippen LogP) is 1.14. The van der Waals surface area contributed by atoms with Crippen LogP contribution in [0.3, 0.4) is 0 Å². The summed E-state index contributed by atoms with van der Waals surface area (Å²) in [5.74, 6) is -0.228. The maximum Gasteiger partial charge on any atom is 0.411 e. The highest BCUT2D eigenvalue weighted by Gasteiger charge is 2.41. The van der Waals surface area contributed by atoms with Gasteiger partial charge in [0.2, 0.25) is 0 Å². The number of benzene rings is 1. The third-order valence-corrected chi connectivity index (χ3v) is 4.29. The van der Waals surface area contributed by atoms with Crippen LogP contribution in [0.2, 0.25) is 0 Å². The monoisotopic (exact) mass is 291 g/mol. The molecule has 1 fully saturated rings. The minimum Gasteiger partial charge on any atom is -0.434 e. The Balaban J connectivity index is 1.77. The summed E-state index contributed by atoms with van der Waals surface area (Å²) in [7, 11) is 1.51. The van der Waals surface area contributed by atoms with Crippen LogP contribution in [-0.4, -0.2) is 41.1 Å². The molecule has 2 N–H and O–H groups in total. The summed E-state index contributed by atoms with van der Waals surface area (Å²) in [4.78, 5) is 29.1. The van der Waals surface area contributed by atoms with E-state index >= 15 is 0 Å². The van der Waals surface area contributed by atoms with Crippen LogP contribution in [-0.2, 0) is 16.0 Å². The van der Waals surface area contributed by atoms with Gasteiger partial charge >= 0.3 is 6.09 Å². The van der Waals surface area contributed by atoms with Crippen LogP contribution in [0.1, 0.15) is 5.01 Å². The second kappa shape index (κ2) is 4.84. The van der Waals surface area contributed by atoms with Gasteiger partial charge in [0.25, 0.3) is 0 Å². The van der Waals surface area contributed by atoms with E-state index in [1.807, 2.05) is 24.3 Å². The van der Waals surface area contributed by atoms with Crippen molar-refractivity contribution in [1.82, 2.24) is 9.88 Å². The number of aromatic nitrogens is 1. The zero-order valence-corrected chi connectivity index (χ0v) is 11.6. The normalized spacial score (nSPS) is 22.3. The predicted molar refractivity (Wildman–Crippen MR) is 74.3 cm³/mol. The molecule has 6 nitrogen and oxygen atoms in total. The van der Waals surface area contributed by atoms with Gasteiger partial charge in [-0.05, 0) is 12.1 Å². The maximum absolute atomic E-state index is 12.2. The fraction of sp³-hybridized carbons (Fsp3) is 0.308. The average Bonchev–Trinajstić information content (AvgIpc) is 2.94. The van der Waals surface area contributed by atoms with E-state index in [0.717, 1.165) is 10.2 Å². The van der Waals surface area contributed by atoms with Gasteiger partial charge in [-0.1, -0.05) is 12.1 Å². The highest BCUT2D eigenvalue weighted by Crippen LogP contribution is 2.23. The summed E-state index contributed by atoms with van der Waals surface area (Å²) in [6.07, 6.45) is -2.09. The first-order chi connectivity index (χ1) is 9.56. The zero-order chi connectivity index (χ0) is 14.3. The zero-order valence-electron chi connectivity index (χ0n) is 10.8. The first-order valence-electron chi connectivity index (χ1n) is 6.12. The number of hydrogen-bond donors (Lipinski definition) is 1. The Labute approximate surface area is 119 Å². The first kappa shape index (κ1) is 13.0. The molecule has 2 heterocycles. The van der Waals surface area contributed by atoms with Gasteiger partial charge in [-0.3, -0.25) is 9.69 Å².